The van der Waals surface area contributed by atoms with Crippen LogP contribution in [-0.4, -0.2) is 52.8 Å². The Hall–Kier alpha value is -2.68. The van der Waals surface area contributed by atoms with E-state index < -0.39 is 9.84 Å². The quantitative estimate of drug-likeness (QED) is 0.519. The minimum atomic E-state index is -3.05. The molecule has 0 amide bonds. The van der Waals surface area contributed by atoms with E-state index in [-0.39, 0.29) is 5.75 Å². The average Bonchev–Trinajstić information content (AvgIpc) is 3.28. The second-order valence-electron chi connectivity index (χ2n) is 8.09. The number of rotatable bonds is 9. The SMILES string of the molecule is CCC(C)CN(C)c1nnc(-c2cnn(C)c2)n1Cc1ccc(CS(C)(=O)=O)cc1. The van der Waals surface area contributed by atoms with Crippen LogP contribution in [0.2, 0.25) is 0 Å². The van der Waals surface area contributed by atoms with Gasteiger partial charge in [0.25, 0.3) is 0 Å². The third-order valence-electron chi connectivity index (χ3n) is 5.11. The molecular formula is C21H30N6O2S. The first-order valence-corrected chi connectivity index (χ1v) is 12.1. The fourth-order valence-corrected chi connectivity index (χ4v) is 4.18. The monoisotopic (exact) mass is 430 g/mol. The zero-order valence-electron chi connectivity index (χ0n) is 18.3. The first-order valence-electron chi connectivity index (χ1n) is 10.0. The first kappa shape index (κ1) is 22.0. The van der Waals surface area contributed by atoms with Crippen molar-refractivity contribution in [3.8, 4) is 11.4 Å². The summed E-state index contributed by atoms with van der Waals surface area (Å²) in [6.07, 6.45) is 6.05. The van der Waals surface area contributed by atoms with E-state index in [1.807, 2.05) is 44.6 Å². The van der Waals surface area contributed by atoms with Crippen LogP contribution in [0.4, 0.5) is 5.95 Å². The Kier molecular flexibility index (Phi) is 6.60. The Morgan fingerprint density at radius 1 is 1.13 bits per heavy atom. The minimum Gasteiger partial charge on any atom is -0.344 e. The summed E-state index contributed by atoms with van der Waals surface area (Å²) in [6.45, 7) is 5.87. The van der Waals surface area contributed by atoms with Crippen LogP contribution in [0.25, 0.3) is 11.4 Å². The van der Waals surface area contributed by atoms with Crippen molar-refractivity contribution in [1.82, 2.24) is 24.5 Å². The van der Waals surface area contributed by atoms with Crippen LogP contribution in [0.3, 0.4) is 0 Å². The molecule has 162 valence electrons. The number of aromatic nitrogens is 5. The number of nitrogens with zero attached hydrogens (tertiary/aromatic N) is 6. The Balaban J connectivity index is 1.93. The maximum absolute atomic E-state index is 11.5. The zero-order valence-corrected chi connectivity index (χ0v) is 19.1. The van der Waals surface area contributed by atoms with Gasteiger partial charge in [-0.15, -0.1) is 10.2 Å². The fraction of sp³-hybridized carbons (Fsp3) is 0.476. The highest BCUT2D eigenvalue weighted by molar-refractivity contribution is 7.89. The Morgan fingerprint density at radius 2 is 1.80 bits per heavy atom. The van der Waals surface area contributed by atoms with E-state index in [1.165, 1.54) is 6.26 Å². The lowest BCUT2D eigenvalue weighted by atomic mass is 10.1. The molecule has 0 bridgehead atoms. The summed E-state index contributed by atoms with van der Waals surface area (Å²) >= 11 is 0. The van der Waals surface area contributed by atoms with E-state index in [1.54, 1.807) is 10.9 Å². The largest absolute Gasteiger partial charge is 0.344 e. The predicted molar refractivity (Wildman–Crippen MR) is 119 cm³/mol. The van der Waals surface area contributed by atoms with Gasteiger partial charge in [0.15, 0.2) is 15.7 Å². The minimum absolute atomic E-state index is 0.0454. The molecule has 0 N–H and O–H groups in total. The van der Waals surface area contributed by atoms with Crippen molar-refractivity contribution in [3.05, 3.63) is 47.8 Å². The third-order valence-corrected chi connectivity index (χ3v) is 5.97. The molecule has 0 radical (unpaired) electrons. The summed E-state index contributed by atoms with van der Waals surface area (Å²) < 4.78 is 26.9. The smallest absolute Gasteiger partial charge is 0.227 e. The van der Waals surface area contributed by atoms with E-state index >= 15 is 0 Å². The first-order chi connectivity index (χ1) is 14.2. The van der Waals surface area contributed by atoms with Crippen molar-refractivity contribution < 1.29 is 8.42 Å². The van der Waals surface area contributed by atoms with Crippen molar-refractivity contribution in [1.29, 1.82) is 0 Å². The number of hydrogen-bond acceptors (Lipinski definition) is 6. The van der Waals surface area contributed by atoms with Gasteiger partial charge in [-0.1, -0.05) is 44.5 Å². The van der Waals surface area contributed by atoms with Crippen molar-refractivity contribution in [2.75, 3.05) is 24.7 Å². The number of sulfone groups is 1. The van der Waals surface area contributed by atoms with Gasteiger partial charge in [0.1, 0.15) is 0 Å². The molecule has 0 saturated heterocycles. The van der Waals surface area contributed by atoms with Gasteiger partial charge < -0.3 is 4.90 Å². The normalized spacial score (nSPS) is 12.8. The molecule has 2 heterocycles. The molecule has 1 aromatic carbocycles. The van der Waals surface area contributed by atoms with E-state index in [0.717, 1.165) is 41.4 Å². The van der Waals surface area contributed by atoms with Gasteiger partial charge in [-0.3, -0.25) is 9.25 Å². The molecule has 0 fully saturated rings. The molecule has 30 heavy (non-hydrogen) atoms. The van der Waals surface area contributed by atoms with Gasteiger partial charge in [0, 0.05) is 33.1 Å². The topological polar surface area (TPSA) is 85.9 Å². The van der Waals surface area contributed by atoms with Crippen LogP contribution in [0, 0.1) is 5.92 Å². The number of aryl methyl sites for hydroxylation is 1. The van der Waals surface area contributed by atoms with Gasteiger partial charge in [-0.25, -0.2) is 8.42 Å². The van der Waals surface area contributed by atoms with E-state index in [4.69, 9.17) is 0 Å². The van der Waals surface area contributed by atoms with Crippen LogP contribution in [0.1, 0.15) is 31.4 Å². The molecule has 0 saturated carbocycles. The van der Waals surface area contributed by atoms with Crippen molar-refractivity contribution >= 4 is 15.8 Å². The molecule has 0 aliphatic rings. The molecule has 2 aromatic heterocycles. The third kappa shape index (κ3) is 5.47. The summed E-state index contributed by atoms with van der Waals surface area (Å²) in [5.41, 5.74) is 2.74. The molecule has 3 rings (SSSR count). The van der Waals surface area contributed by atoms with Crippen molar-refractivity contribution in [2.24, 2.45) is 13.0 Å². The summed E-state index contributed by atoms with van der Waals surface area (Å²) in [7, 11) is 0.859. The highest BCUT2D eigenvalue weighted by Crippen LogP contribution is 2.24. The average molecular weight is 431 g/mol. The van der Waals surface area contributed by atoms with Crippen LogP contribution in [-0.2, 0) is 29.2 Å². The zero-order chi connectivity index (χ0) is 21.9. The molecule has 1 atom stereocenters. The lowest BCUT2D eigenvalue weighted by Crippen LogP contribution is -2.27. The summed E-state index contributed by atoms with van der Waals surface area (Å²) in [4.78, 5) is 2.14. The van der Waals surface area contributed by atoms with Gasteiger partial charge in [0.2, 0.25) is 5.95 Å². The standard InChI is InChI=1S/C21H30N6O2S/c1-6-16(2)12-25(3)21-24-23-20(19-11-22-26(4)14-19)27(21)13-17-7-9-18(10-8-17)15-30(5,28)29/h7-11,14,16H,6,12-13,15H2,1-5H3. The predicted octanol–water partition coefficient (Wildman–Crippen LogP) is 2.75. The van der Waals surface area contributed by atoms with Crippen LogP contribution < -0.4 is 4.90 Å². The lowest BCUT2D eigenvalue weighted by molar-refractivity contribution is 0.550. The van der Waals surface area contributed by atoms with Gasteiger partial charge in [0.05, 0.1) is 24.1 Å². The number of benzene rings is 1. The van der Waals surface area contributed by atoms with Crippen LogP contribution in [0.5, 0.6) is 0 Å². The molecule has 3 aromatic rings. The van der Waals surface area contributed by atoms with E-state index in [2.05, 4.69) is 38.6 Å². The second kappa shape index (κ2) is 8.99. The van der Waals surface area contributed by atoms with E-state index in [0.29, 0.717) is 12.5 Å². The molecular weight excluding hydrogens is 400 g/mol. The van der Waals surface area contributed by atoms with Gasteiger partial charge in [-0.2, -0.15) is 5.10 Å². The molecule has 0 aliphatic heterocycles. The fourth-order valence-electron chi connectivity index (χ4n) is 3.38. The second-order valence-corrected chi connectivity index (χ2v) is 10.2. The van der Waals surface area contributed by atoms with Gasteiger partial charge in [-0.05, 0) is 17.0 Å². The van der Waals surface area contributed by atoms with E-state index in [9.17, 15) is 8.42 Å². The summed E-state index contributed by atoms with van der Waals surface area (Å²) in [6, 6.07) is 7.66. The molecule has 9 heteroatoms. The van der Waals surface area contributed by atoms with Crippen molar-refractivity contribution in [2.45, 2.75) is 32.6 Å². The molecule has 8 nitrogen and oxygen atoms in total. The highest BCUT2D eigenvalue weighted by atomic mass is 32.2. The Bertz CT molecular complexity index is 1090. The maximum Gasteiger partial charge on any atom is 0.227 e. The summed E-state index contributed by atoms with van der Waals surface area (Å²) in [5.74, 6) is 2.14. The molecule has 0 spiro atoms. The van der Waals surface area contributed by atoms with Crippen LogP contribution in [0.15, 0.2) is 36.7 Å². The maximum atomic E-state index is 11.5. The number of hydrogen-bond donors (Lipinski definition) is 0. The van der Waals surface area contributed by atoms with Gasteiger partial charge >= 0.3 is 0 Å². The Labute approximate surface area is 178 Å². The summed E-state index contributed by atoms with van der Waals surface area (Å²) in [5, 5.41) is 13.2. The van der Waals surface area contributed by atoms with Crippen molar-refractivity contribution in [3.63, 3.8) is 0 Å². The highest BCUT2D eigenvalue weighted by Gasteiger charge is 2.19. The lowest BCUT2D eigenvalue weighted by Gasteiger charge is -2.22. The Morgan fingerprint density at radius 3 is 2.37 bits per heavy atom. The molecule has 0 aliphatic carbocycles. The molecule has 1 unspecified atom stereocenters. The number of anilines is 1. The van der Waals surface area contributed by atoms with Crippen LogP contribution >= 0.6 is 0 Å².